The van der Waals surface area contributed by atoms with E-state index in [1.807, 2.05) is 0 Å². The van der Waals surface area contributed by atoms with Crippen LogP contribution in [0.25, 0.3) is 0 Å². The lowest BCUT2D eigenvalue weighted by Crippen LogP contribution is -2.54. The zero-order valence-corrected chi connectivity index (χ0v) is 24.0. The Morgan fingerprint density at radius 1 is 0.694 bits per heavy atom. The monoisotopic (exact) mass is 521 g/mol. The van der Waals surface area contributed by atoms with E-state index in [9.17, 15) is 9.70 Å². The van der Waals surface area contributed by atoms with Gasteiger partial charge in [-0.3, -0.25) is 4.79 Å². The van der Waals surface area contributed by atoms with Crippen LogP contribution in [0, 0.1) is 4.91 Å². The van der Waals surface area contributed by atoms with E-state index in [1.165, 1.54) is 89.9 Å². The molecule has 0 aromatic carbocycles. The summed E-state index contributed by atoms with van der Waals surface area (Å²) in [4.78, 5) is 30.5. The van der Waals surface area contributed by atoms with Gasteiger partial charge in [0, 0.05) is 6.42 Å². The van der Waals surface area contributed by atoms with Gasteiger partial charge in [0.05, 0.1) is 27.3 Å². The van der Waals surface area contributed by atoms with Crippen molar-refractivity contribution in [2.24, 2.45) is 0 Å². The number of unbranched alkanes of at least 4 members (excludes halogenated alkanes) is 14. The van der Waals surface area contributed by atoms with Gasteiger partial charge in [-0.2, -0.15) is 9.68 Å². The minimum absolute atomic E-state index is 0.116. The molecule has 0 heterocycles. The largest absolute Gasteiger partial charge is 0.477 e. The van der Waals surface area contributed by atoms with Crippen molar-refractivity contribution < 1.29 is 34.4 Å². The van der Waals surface area contributed by atoms with Crippen LogP contribution in [0.2, 0.25) is 0 Å². The molecule has 0 aliphatic rings. The van der Waals surface area contributed by atoms with Gasteiger partial charge in [-0.1, -0.05) is 104 Å². The number of hydrogen-bond acceptors (Lipinski definition) is 6. The number of aliphatic hydroxyl groups excluding tert-OH is 2. The topological polar surface area (TPSA) is 108 Å². The molecule has 0 rings (SSSR count). The summed E-state index contributed by atoms with van der Waals surface area (Å²) in [5.41, 5.74) is 3.11. The SMILES string of the molecule is CCCCCCCCCCCCCCCCCC(=O)N[N+](C)(C)CCC.O=[N+](OCCO)OCCO. The molecule has 0 saturated carbocycles. The first-order chi connectivity index (χ1) is 17.3. The average Bonchev–Trinajstić information content (AvgIpc) is 2.83. The highest BCUT2D eigenvalue weighted by molar-refractivity contribution is 5.74. The summed E-state index contributed by atoms with van der Waals surface area (Å²) in [5.74, 6) is 0.207. The van der Waals surface area contributed by atoms with Gasteiger partial charge in [-0.05, 0) is 12.8 Å². The van der Waals surface area contributed by atoms with Crippen molar-refractivity contribution in [3.63, 3.8) is 0 Å². The molecular formula is C27H59N3O6+2. The number of nitrogens with one attached hydrogen (secondary N) is 1. The zero-order chi connectivity index (χ0) is 27.3. The maximum Gasteiger partial charge on any atom is 0.477 e. The predicted molar refractivity (Wildman–Crippen MR) is 145 cm³/mol. The number of hydrogen-bond donors (Lipinski definition) is 3. The molecule has 0 saturated heterocycles. The number of amides is 1. The summed E-state index contributed by atoms with van der Waals surface area (Å²) in [6.45, 7) is 4.70. The molecule has 0 aliphatic heterocycles. The summed E-state index contributed by atoms with van der Waals surface area (Å²) in [5, 5.41) is 16.1. The van der Waals surface area contributed by atoms with Crippen molar-refractivity contribution in [3.8, 4) is 0 Å². The lowest BCUT2D eigenvalue weighted by Gasteiger charge is -2.28. The van der Waals surface area contributed by atoms with Crippen LogP contribution in [-0.4, -0.2) is 72.9 Å². The van der Waals surface area contributed by atoms with E-state index in [0.29, 0.717) is 11.0 Å². The highest BCUT2D eigenvalue weighted by Gasteiger charge is 2.16. The standard InChI is InChI=1S/C23H48N2O.C4H10NO5/c1-5-7-8-9-10-11-12-13-14-15-16-17-18-19-20-21-23(26)24-25(3,4)22-6-2;6-1-3-9-5(8)10-4-2-7/h5-22H2,1-4H3;6-7H,1-4H2/q;+1/p+1. The molecular weight excluding hydrogens is 462 g/mol. The third kappa shape index (κ3) is 30.6. The quantitative estimate of drug-likeness (QED) is 0.0846. The van der Waals surface area contributed by atoms with Gasteiger partial charge in [0.2, 0.25) is 0 Å². The maximum atomic E-state index is 11.9. The number of quaternary nitrogens is 1. The highest BCUT2D eigenvalue weighted by Crippen LogP contribution is 2.13. The molecule has 9 nitrogen and oxygen atoms in total. The maximum absolute atomic E-state index is 11.9. The number of carbonyl (C=O) groups excluding carboxylic acids is 1. The van der Waals surface area contributed by atoms with Crippen LogP contribution in [0.3, 0.4) is 0 Å². The van der Waals surface area contributed by atoms with Crippen LogP contribution in [0.1, 0.15) is 123 Å². The average molecular weight is 522 g/mol. The molecule has 9 heteroatoms. The van der Waals surface area contributed by atoms with E-state index in [0.717, 1.165) is 19.4 Å². The zero-order valence-electron chi connectivity index (χ0n) is 24.0. The van der Waals surface area contributed by atoms with Gasteiger partial charge >= 0.3 is 5.09 Å². The first-order valence-electron chi connectivity index (χ1n) is 14.4. The summed E-state index contributed by atoms with van der Waals surface area (Å²) in [7, 11) is 4.13. The van der Waals surface area contributed by atoms with Gasteiger partial charge in [-0.15, -0.1) is 0 Å². The molecule has 1 amide bonds. The number of aliphatic hydroxyl groups is 2. The van der Waals surface area contributed by atoms with E-state index >= 15 is 0 Å². The molecule has 36 heavy (non-hydrogen) atoms. The molecule has 0 radical (unpaired) electrons. The van der Waals surface area contributed by atoms with Crippen LogP contribution in [0.5, 0.6) is 0 Å². The van der Waals surface area contributed by atoms with Crippen LogP contribution < -0.4 is 5.43 Å². The first kappa shape index (κ1) is 36.7. The van der Waals surface area contributed by atoms with Crippen LogP contribution >= 0.6 is 0 Å². The van der Waals surface area contributed by atoms with Gasteiger partial charge < -0.3 is 10.2 Å². The second-order valence-corrected chi connectivity index (χ2v) is 9.98. The van der Waals surface area contributed by atoms with Crippen molar-refractivity contribution >= 4 is 5.91 Å². The van der Waals surface area contributed by atoms with Gasteiger partial charge in [-0.25, -0.2) is 10.0 Å². The highest BCUT2D eigenvalue weighted by atomic mass is 17.0. The summed E-state index contributed by atoms with van der Waals surface area (Å²) >= 11 is 0. The Bertz CT molecular complexity index is 482. The fourth-order valence-electron chi connectivity index (χ4n) is 3.93. The van der Waals surface area contributed by atoms with Gasteiger partial charge in [0.15, 0.2) is 13.2 Å². The Kier molecular flexibility index (Phi) is 28.7. The van der Waals surface area contributed by atoms with E-state index in [-0.39, 0.29) is 37.4 Å². The Hall–Kier alpha value is -1.45. The van der Waals surface area contributed by atoms with Gasteiger partial charge in [0.1, 0.15) is 11.5 Å². The second kappa shape index (κ2) is 28.1. The van der Waals surface area contributed by atoms with Crippen molar-refractivity contribution in [2.75, 3.05) is 47.1 Å². The fraction of sp³-hybridized carbons (Fsp3) is 0.963. The van der Waals surface area contributed by atoms with Crippen molar-refractivity contribution in [2.45, 2.75) is 123 Å². The third-order valence-electron chi connectivity index (χ3n) is 5.79. The Labute approximate surface area is 221 Å². The fourth-order valence-corrected chi connectivity index (χ4v) is 3.93. The predicted octanol–water partition coefficient (Wildman–Crippen LogP) is 5.38. The first-order valence-corrected chi connectivity index (χ1v) is 14.4. The Morgan fingerprint density at radius 3 is 1.44 bits per heavy atom. The normalized spacial score (nSPS) is 10.9. The molecule has 0 fully saturated rings. The minimum atomic E-state index is -0.249. The summed E-state index contributed by atoms with van der Waals surface area (Å²) in [6.07, 6.45) is 22.3. The van der Waals surface area contributed by atoms with E-state index in [2.05, 4.69) is 43.0 Å². The number of carbonyl (C=O) groups is 1. The van der Waals surface area contributed by atoms with Crippen LogP contribution in [0.4, 0.5) is 0 Å². The van der Waals surface area contributed by atoms with E-state index in [4.69, 9.17) is 10.2 Å². The van der Waals surface area contributed by atoms with Crippen molar-refractivity contribution in [3.05, 3.63) is 4.91 Å². The summed E-state index contributed by atoms with van der Waals surface area (Å²) < 4.78 is 0.605. The Balaban J connectivity index is 0. The number of rotatable bonds is 25. The molecule has 0 aromatic rings. The second-order valence-electron chi connectivity index (χ2n) is 9.98. The molecule has 0 bridgehead atoms. The van der Waals surface area contributed by atoms with E-state index < -0.39 is 0 Å². The van der Waals surface area contributed by atoms with Crippen molar-refractivity contribution in [1.82, 2.24) is 5.43 Å². The third-order valence-corrected chi connectivity index (χ3v) is 5.79. The number of nitrogens with zero attached hydrogens (tertiary/aromatic N) is 2. The Morgan fingerprint density at radius 2 is 1.08 bits per heavy atom. The smallest absolute Gasteiger partial charge is 0.393 e. The van der Waals surface area contributed by atoms with Crippen LogP contribution in [-0.2, 0) is 14.5 Å². The molecule has 0 aromatic heterocycles. The lowest BCUT2D eigenvalue weighted by molar-refractivity contribution is -0.981. The molecule has 0 unspecified atom stereocenters. The molecule has 0 atom stereocenters. The van der Waals surface area contributed by atoms with E-state index in [1.54, 1.807) is 0 Å². The lowest BCUT2D eigenvalue weighted by atomic mass is 10.0. The minimum Gasteiger partial charge on any atom is -0.393 e. The van der Waals surface area contributed by atoms with Crippen LogP contribution in [0.15, 0.2) is 0 Å². The molecule has 3 N–H and O–H groups in total. The summed E-state index contributed by atoms with van der Waals surface area (Å²) in [6, 6.07) is 0. The molecule has 0 aliphatic carbocycles. The van der Waals surface area contributed by atoms with Gasteiger partial charge in [0.25, 0.3) is 5.91 Å². The molecule has 0 spiro atoms. The molecule has 216 valence electrons. The van der Waals surface area contributed by atoms with Crippen molar-refractivity contribution in [1.29, 1.82) is 0 Å².